The van der Waals surface area contributed by atoms with Crippen LogP contribution in [0.15, 0.2) is 127 Å². The highest BCUT2D eigenvalue weighted by atomic mass is 32.1. The van der Waals surface area contributed by atoms with Crippen LogP contribution in [-0.2, 0) is 6.42 Å². The second kappa shape index (κ2) is 11.0. The summed E-state index contributed by atoms with van der Waals surface area (Å²) in [6, 6.07) is 47.9. The number of hydrogen-bond donors (Lipinski definition) is 0. The maximum Gasteiger partial charge on any atom is 0.0433 e. The number of benzene rings is 6. The van der Waals surface area contributed by atoms with Crippen molar-refractivity contribution >= 4 is 63.0 Å². The summed E-state index contributed by atoms with van der Waals surface area (Å²) in [5.74, 6) is 0.988. The van der Waals surface area contributed by atoms with Crippen LogP contribution >= 0.6 is 22.7 Å². The fourth-order valence-corrected chi connectivity index (χ4v) is 9.07. The predicted molar refractivity (Wildman–Crippen MR) is 196 cm³/mol. The molecule has 8 aromatic rings. The van der Waals surface area contributed by atoms with E-state index < -0.39 is 0 Å². The third-order valence-electron chi connectivity index (χ3n) is 9.19. The number of rotatable bonds is 6. The minimum atomic E-state index is 0.441. The van der Waals surface area contributed by atoms with Crippen molar-refractivity contribution in [1.82, 2.24) is 0 Å². The summed E-state index contributed by atoms with van der Waals surface area (Å²) in [7, 11) is 0. The van der Waals surface area contributed by atoms with Crippen LogP contribution in [0.5, 0.6) is 0 Å². The van der Waals surface area contributed by atoms with E-state index in [9.17, 15) is 0 Å². The fraction of sp³-hybridized carbons (Fsp3) is 0.143. The molecule has 0 spiro atoms. The van der Waals surface area contributed by atoms with Gasteiger partial charge in [-0.3, -0.25) is 0 Å². The molecule has 0 nitrogen and oxygen atoms in total. The van der Waals surface area contributed by atoms with E-state index in [1.807, 2.05) is 22.7 Å². The Kier molecular flexibility index (Phi) is 6.85. The number of thiophene rings is 2. The van der Waals surface area contributed by atoms with Gasteiger partial charge < -0.3 is 0 Å². The molecule has 8 rings (SSSR count). The molecule has 1 unspecified atom stereocenters. The Morgan fingerprint density at radius 3 is 1.93 bits per heavy atom. The van der Waals surface area contributed by atoms with Gasteiger partial charge in [0.1, 0.15) is 0 Å². The zero-order chi connectivity index (χ0) is 29.8. The summed E-state index contributed by atoms with van der Waals surface area (Å²) in [5, 5.41) is 5.43. The van der Waals surface area contributed by atoms with Crippen LogP contribution in [0.4, 0.5) is 0 Å². The van der Waals surface area contributed by atoms with Crippen LogP contribution in [0.25, 0.3) is 62.6 Å². The van der Waals surface area contributed by atoms with E-state index in [2.05, 4.69) is 148 Å². The van der Waals surface area contributed by atoms with Crippen molar-refractivity contribution in [2.24, 2.45) is 0 Å². The lowest BCUT2D eigenvalue weighted by atomic mass is 9.92. The second-order valence-corrected chi connectivity index (χ2v) is 14.6. The molecule has 0 saturated carbocycles. The molecular formula is C42H34S2. The van der Waals surface area contributed by atoms with Crippen LogP contribution in [0.2, 0.25) is 0 Å². The first-order chi connectivity index (χ1) is 21.5. The molecule has 1 atom stereocenters. The Morgan fingerprint density at radius 1 is 0.477 bits per heavy atom. The molecule has 0 saturated heterocycles. The highest BCUT2D eigenvalue weighted by molar-refractivity contribution is 7.26. The van der Waals surface area contributed by atoms with Crippen LogP contribution in [0.3, 0.4) is 0 Å². The molecule has 2 heterocycles. The lowest BCUT2D eigenvalue weighted by Crippen LogP contribution is -1.98. The van der Waals surface area contributed by atoms with Crippen molar-refractivity contribution in [3.63, 3.8) is 0 Å². The summed E-state index contributed by atoms with van der Waals surface area (Å²) >= 11 is 3.82. The Morgan fingerprint density at radius 2 is 1.11 bits per heavy atom. The Balaban J connectivity index is 1.04. The summed E-state index contributed by atoms with van der Waals surface area (Å²) < 4.78 is 5.47. The van der Waals surface area contributed by atoms with E-state index in [0.29, 0.717) is 11.8 Å². The molecule has 0 N–H and O–H groups in total. The van der Waals surface area contributed by atoms with Gasteiger partial charge in [-0.05, 0) is 75.4 Å². The topological polar surface area (TPSA) is 0 Å². The molecule has 6 aromatic carbocycles. The van der Waals surface area contributed by atoms with Gasteiger partial charge in [0.05, 0.1) is 0 Å². The molecule has 44 heavy (non-hydrogen) atoms. The van der Waals surface area contributed by atoms with Crippen LogP contribution in [0, 0.1) is 0 Å². The highest BCUT2D eigenvalue weighted by Crippen LogP contribution is 2.41. The largest absolute Gasteiger partial charge is 0.135 e. The van der Waals surface area contributed by atoms with Crippen LogP contribution in [-0.4, -0.2) is 0 Å². The van der Waals surface area contributed by atoms with E-state index >= 15 is 0 Å². The third-order valence-corrected chi connectivity index (χ3v) is 11.5. The third kappa shape index (κ3) is 4.83. The summed E-state index contributed by atoms with van der Waals surface area (Å²) in [6.07, 6.45) is 1.03. The van der Waals surface area contributed by atoms with E-state index in [4.69, 9.17) is 0 Å². The van der Waals surface area contributed by atoms with E-state index in [1.54, 1.807) is 0 Å². The van der Waals surface area contributed by atoms with Crippen molar-refractivity contribution in [3.8, 4) is 22.3 Å². The van der Waals surface area contributed by atoms with E-state index in [1.165, 1.54) is 79.3 Å². The normalized spacial score (nSPS) is 12.6. The Hall–Kier alpha value is -4.24. The van der Waals surface area contributed by atoms with Crippen molar-refractivity contribution in [2.75, 3.05) is 0 Å². The van der Waals surface area contributed by atoms with Crippen molar-refractivity contribution in [3.05, 3.63) is 144 Å². The SMILES string of the molecule is CC(C)c1ccc(-c2cccc3c2sc2cc(CC(C)c4ccc(-c5ccc6c(c5)sc5ccccc56)cc4)ccc23)cc1. The average molecular weight is 603 g/mol. The molecule has 0 radical (unpaired) electrons. The van der Waals surface area contributed by atoms with Crippen molar-refractivity contribution in [2.45, 2.75) is 39.0 Å². The lowest BCUT2D eigenvalue weighted by molar-refractivity contribution is 0.760. The van der Waals surface area contributed by atoms with Gasteiger partial charge in [-0.25, -0.2) is 0 Å². The van der Waals surface area contributed by atoms with Crippen LogP contribution in [0.1, 0.15) is 49.3 Å². The monoisotopic (exact) mass is 602 g/mol. The van der Waals surface area contributed by atoms with E-state index in [0.717, 1.165) is 6.42 Å². The van der Waals surface area contributed by atoms with Crippen molar-refractivity contribution in [1.29, 1.82) is 0 Å². The zero-order valence-electron chi connectivity index (χ0n) is 25.3. The fourth-order valence-electron chi connectivity index (χ4n) is 6.63. The van der Waals surface area contributed by atoms with Crippen LogP contribution < -0.4 is 0 Å². The van der Waals surface area contributed by atoms with Gasteiger partial charge in [-0.1, -0.05) is 130 Å². The second-order valence-electron chi connectivity index (χ2n) is 12.4. The molecule has 2 aromatic heterocycles. The van der Waals surface area contributed by atoms with Gasteiger partial charge in [0.15, 0.2) is 0 Å². The minimum Gasteiger partial charge on any atom is -0.135 e. The smallest absolute Gasteiger partial charge is 0.0433 e. The molecule has 0 aliphatic carbocycles. The number of fused-ring (bicyclic) bond motifs is 6. The quantitative estimate of drug-likeness (QED) is 0.178. The Labute approximate surface area is 267 Å². The van der Waals surface area contributed by atoms with Gasteiger partial charge in [0.25, 0.3) is 0 Å². The van der Waals surface area contributed by atoms with Gasteiger partial charge in [-0.2, -0.15) is 0 Å². The highest BCUT2D eigenvalue weighted by Gasteiger charge is 2.14. The average Bonchev–Trinajstić information content (AvgIpc) is 3.62. The first-order valence-electron chi connectivity index (χ1n) is 15.6. The molecule has 214 valence electrons. The molecule has 0 amide bonds. The summed E-state index contributed by atoms with van der Waals surface area (Å²) in [6.45, 7) is 6.86. The zero-order valence-corrected chi connectivity index (χ0v) is 26.9. The standard InChI is InChI=1S/C42H34S2/c1-26(2)29-12-18-32(19-13-29)34-8-6-9-38-37-21-11-28(24-40(37)44-42(34)38)23-27(3)30-14-16-31(17-15-30)33-20-22-36-35-7-4-5-10-39(35)43-41(36)25-33/h4-22,24-27H,23H2,1-3H3. The van der Waals surface area contributed by atoms with E-state index in [-0.39, 0.29) is 0 Å². The molecular weight excluding hydrogens is 569 g/mol. The number of hydrogen-bond acceptors (Lipinski definition) is 2. The molecule has 2 heteroatoms. The molecule has 0 fully saturated rings. The molecule has 0 aliphatic rings. The van der Waals surface area contributed by atoms with Gasteiger partial charge >= 0.3 is 0 Å². The van der Waals surface area contributed by atoms with Crippen molar-refractivity contribution < 1.29 is 0 Å². The maximum absolute atomic E-state index is 2.43. The van der Waals surface area contributed by atoms with Gasteiger partial charge in [0, 0.05) is 40.3 Å². The predicted octanol–water partition coefficient (Wildman–Crippen LogP) is 13.2. The summed E-state index contributed by atoms with van der Waals surface area (Å²) in [4.78, 5) is 0. The first kappa shape index (κ1) is 27.3. The van der Waals surface area contributed by atoms with Gasteiger partial charge in [-0.15, -0.1) is 22.7 Å². The maximum atomic E-state index is 2.43. The molecule has 0 bridgehead atoms. The Bertz CT molecular complexity index is 2280. The molecule has 0 aliphatic heterocycles. The van der Waals surface area contributed by atoms with Gasteiger partial charge in [0.2, 0.25) is 0 Å². The minimum absolute atomic E-state index is 0.441. The lowest BCUT2D eigenvalue weighted by Gasteiger charge is -2.13. The summed E-state index contributed by atoms with van der Waals surface area (Å²) in [5.41, 5.74) is 9.38. The first-order valence-corrected chi connectivity index (χ1v) is 17.2.